The first-order valence-electron chi connectivity index (χ1n) is 6.64. The summed E-state index contributed by atoms with van der Waals surface area (Å²) in [6.45, 7) is 1.03. The SMILES string of the molecule is O=S(=O)(NCc1cccc(C(F)(F)F)c1)C1CCCNC1. The Morgan fingerprint density at radius 2 is 2.10 bits per heavy atom. The predicted octanol–water partition coefficient (Wildman–Crippen LogP) is 1.88. The molecule has 1 aromatic carbocycles. The lowest BCUT2D eigenvalue weighted by molar-refractivity contribution is -0.137. The van der Waals surface area contributed by atoms with E-state index in [2.05, 4.69) is 10.0 Å². The van der Waals surface area contributed by atoms with Crippen molar-refractivity contribution < 1.29 is 21.6 Å². The zero-order valence-electron chi connectivity index (χ0n) is 11.3. The molecule has 1 unspecified atom stereocenters. The van der Waals surface area contributed by atoms with Crippen LogP contribution in [0.5, 0.6) is 0 Å². The molecule has 1 fully saturated rings. The Hall–Kier alpha value is -1.12. The van der Waals surface area contributed by atoms with Gasteiger partial charge in [-0.15, -0.1) is 0 Å². The molecule has 1 saturated heterocycles. The summed E-state index contributed by atoms with van der Waals surface area (Å²) in [5, 5.41) is 2.47. The van der Waals surface area contributed by atoms with E-state index in [0.717, 1.165) is 25.1 Å². The summed E-state index contributed by atoms with van der Waals surface area (Å²) >= 11 is 0. The van der Waals surface area contributed by atoms with Crippen molar-refractivity contribution >= 4 is 10.0 Å². The molecule has 1 aromatic rings. The third-order valence-corrected chi connectivity index (χ3v) is 5.25. The van der Waals surface area contributed by atoms with Crippen molar-refractivity contribution in [1.29, 1.82) is 0 Å². The molecule has 4 nitrogen and oxygen atoms in total. The van der Waals surface area contributed by atoms with E-state index in [1.807, 2.05) is 0 Å². The summed E-state index contributed by atoms with van der Waals surface area (Å²) in [4.78, 5) is 0. The normalized spacial score (nSPS) is 20.4. The van der Waals surface area contributed by atoms with Crippen molar-refractivity contribution in [1.82, 2.24) is 10.0 Å². The second-order valence-corrected chi connectivity index (χ2v) is 7.08. The maximum Gasteiger partial charge on any atom is 0.416 e. The van der Waals surface area contributed by atoms with Crippen LogP contribution < -0.4 is 10.0 Å². The first-order valence-corrected chi connectivity index (χ1v) is 8.19. The molecule has 8 heteroatoms. The third-order valence-electron chi connectivity index (χ3n) is 3.42. The quantitative estimate of drug-likeness (QED) is 0.890. The Kier molecular flexibility index (Phi) is 4.90. The van der Waals surface area contributed by atoms with E-state index >= 15 is 0 Å². The van der Waals surface area contributed by atoms with E-state index in [1.165, 1.54) is 12.1 Å². The number of hydrogen-bond acceptors (Lipinski definition) is 3. The van der Waals surface area contributed by atoms with Crippen LogP contribution in [0.2, 0.25) is 0 Å². The topological polar surface area (TPSA) is 58.2 Å². The third kappa shape index (κ3) is 4.42. The Morgan fingerprint density at radius 1 is 1.33 bits per heavy atom. The van der Waals surface area contributed by atoms with Gasteiger partial charge in [-0.1, -0.05) is 18.2 Å². The highest BCUT2D eigenvalue weighted by Gasteiger charge is 2.31. The lowest BCUT2D eigenvalue weighted by Crippen LogP contribution is -2.44. The smallest absolute Gasteiger partial charge is 0.315 e. The summed E-state index contributed by atoms with van der Waals surface area (Å²) in [5.41, 5.74) is -0.490. The molecule has 1 aliphatic rings. The summed E-state index contributed by atoms with van der Waals surface area (Å²) in [7, 11) is -3.52. The van der Waals surface area contributed by atoms with E-state index in [9.17, 15) is 21.6 Å². The van der Waals surface area contributed by atoms with Gasteiger partial charge in [-0.05, 0) is 31.0 Å². The minimum absolute atomic E-state index is 0.136. The molecular weight excluding hydrogens is 305 g/mol. The zero-order valence-corrected chi connectivity index (χ0v) is 12.1. The minimum atomic E-state index is -4.43. The van der Waals surface area contributed by atoms with Gasteiger partial charge < -0.3 is 5.32 Å². The van der Waals surface area contributed by atoms with Gasteiger partial charge in [0.05, 0.1) is 10.8 Å². The first kappa shape index (κ1) is 16.3. The summed E-state index contributed by atoms with van der Waals surface area (Å²) in [6, 6.07) is 4.66. The fourth-order valence-corrected chi connectivity index (χ4v) is 3.66. The fraction of sp³-hybridized carbons (Fsp3) is 0.538. The number of hydrogen-bond donors (Lipinski definition) is 2. The highest BCUT2D eigenvalue weighted by molar-refractivity contribution is 7.90. The number of halogens is 3. The number of sulfonamides is 1. The largest absolute Gasteiger partial charge is 0.416 e. The van der Waals surface area contributed by atoms with Crippen LogP contribution in [0.1, 0.15) is 24.0 Å². The molecule has 1 heterocycles. The lowest BCUT2D eigenvalue weighted by atomic mass is 10.1. The number of nitrogens with one attached hydrogen (secondary N) is 2. The van der Waals surface area contributed by atoms with Crippen molar-refractivity contribution in [3.05, 3.63) is 35.4 Å². The second kappa shape index (κ2) is 6.33. The van der Waals surface area contributed by atoms with Crippen LogP contribution in [0.25, 0.3) is 0 Å². The van der Waals surface area contributed by atoms with Crippen molar-refractivity contribution in [3.8, 4) is 0 Å². The van der Waals surface area contributed by atoms with Crippen LogP contribution in [0, 0.1) is 0 Å². The van der Waals surface area contributed by atoms with E-state index < -0.39 is 27.0 Å². The molecule has 2 rings (SSSR count). The molecule has 1 atom stereocenters. The van der Waals surface area contributed by atoms with Crippen molar-refractivity contribution in [2.24, 2.45) is 0 Å². The zero-order chi connectivity index (χ0) is 15.5. The van der Waals surface area contributed by atoms with Gasteiger partial charge in [0.1, 0.15) is 0 Å². The first-order chi connectivity index (χ1) is 9.79. The fourth-order valence-electron chi connectivity index (χ4n) is 2.24. The molecule has 1 aliphatic heterocycles. The average molecular weight is 322 g/mol. The Bertz CT molecular complexity index is 581. The van der Waals surface area contributed by atoms with Gasteiger partial charge in [0, 0.05) is 13.1 Å². The van der Waals surface area contributed by atoms with E-state index in [-0.39, 0.29) is 12.1 Å². The number of benzene rings is 1. The van der Waals surface area contributed by atoms with E-state index in [1.54, 1.807) is 0 Å². The average Bonchev–Trinajstić information content (AvgIpc) is 2.46. The van der Waals surface area contributed by atoms with Gasteiger partial charge in [-0.2, -0.15) is 13.2 Å². The number of rotatable bonds is 4. The van der Waals surface area contributed by atoms with Crippen LogP contribution in [0.15, 0.2) is 24.3 Å². The second-order valence-electron chi connectivity index (χ2n) is 5.03. The molecule has 0 spiro atoms. The van der Waals surface area contributed by atoms with Crippen LogP contribution in [0.3, 0.4) is 0 Å². The van der Waals surface area contributed by atoms with Crippen molar-refractivity contribution in [2.75, 3.05) is 13.1 Å². The van der Waals surface area contributed by atoms with Gasteiger partial charge in [0.15, 0.2) is 0 Å². The minimum Gasteiger partial charge on any atom is -0.315 e. The molecule has 118 valence electrons. The molecular formula is C13H17F3N2O2S. The molecule has 21 heavy (non-hydrogen) atoms. The number of piperidine rings is 1. The van der Waals surface area contributed by atoms with Crippen molar-refractivity contribution in [3.63, 3.8) is 0 Å². The van der Waals surface area contributed by atoms with Gasteiger partial charge in [-0.25, -0.2) is 13.1 Å². The van der Waals surface area contributed by atoms with Gasteiger partial charge in [-0.3, -0.25) is 0 Å². The maximum absolute atomic E-state index is 12.6. The lowest BCUT2D eigenvalue weighted by Gasteiger charge is -2.23. The summed E-state index contributed by atoms with van der Waals surface area (Å²) < 4.78 is 64.3. The van der Waals surface area contributed by atoms with Crippen LogP contribution in [0.4, 0.5) is 13.2 Å². The van der Waals surface area contributed by atoms with E-state index in [0.29, 0.717) is 13.0 Å². The molecule has 0 aliphatic carbocycles. The Balaban J connectivity index is 2.02. The molecule has 0 radical (unpaired) electrons. The molecule has 2 N–H and O–H groups in total. The van der Waals surface area contributed by atoms with Crippen LogP contribution in [-0.4, -0.2) is 26.8 Å². The van der Waals surface area contributed by atoms with Crippen LogP contribution in [-0.2, 0) is 22.7 Å². The molecule has 0 saturated carbocycles. The Morgan fingerprint density at radius 3 is 2.71 bits per heavy atom. The predicted molar refractivity (Wildman–Crippen MR) is 73.1 cm³/mol. The highest BCUT2D eigenvalue weighted by atomic mass is 32.2. The molecule has 0 amide bonds. The monoisotopic (exact) mass is 322 g/mol. The van der Waals surface area contributed by atoms with Gasteiger partial charge in [0.2, 0.25) is 10.0 Å². The van der Waals surface area contributed by atoms with Gasteiger partial charge >= 0.3 is 6.18 Å². The number of alkyl halides is 3. The maximum atomic E-state index is 12.6. The summed E-state index contributed by atoms with van der Waals surface area (Å²) in [5.74, 6) is 0. The van der Waals surface area contributed by atoms with Crippen molar-refractivity contribution in [2.45, 2.75) is 30.8 Å². The van der Waals surface area contributed by atoms with Gasteiger partial charge in [0.25, 0.3) is 0 Å². The Labute approximate surface area is 121 Å². The van der Waals surface area contributed by atoms with Crippen LogP contribution >= 0.6 is 0 Å². The van der Waals surface area contributed by atoms with E-state index in [4.69, 9.17) is 0 Å². The standard InChI is InChI=1S/C13H17F3N2O2S/c14-13(15,16)11-4-1-3-10(7-11)8-18-21(19,20)12-5-2-6-17-9-12/h1,3-4,7,12,17-18H,2,5-6,8-9H2. The summed E-state index contributed by atoms with van der Waals surface area (Å²) in [6.07, 6.45) is -3.10. The molecule has 0 aromatic heterocycles. The highest BCUT2D eigenvalue weighted by Crippen LogP contribution is 2.29. The molecule has 0 bridgehead atoms.